The average molecular weight is 655 g/mol. The van der Waals surface area contributed by atoms with Crippen molar-refractivity contribution in [1.82, 2.24) is 14.3 Å². The Balaban J connectivity index is 1.24. The van der Waals surface area contributed by atoms with Crippen LogP contribution in [0.2, 0.25) is 0 Å². The molecule has 1 aromatic heterocycles. The monoisotopic (exact) mass is 654 g/mol. The minimum Gasteiger partial charge on any atom is -0.365 e. The van der Waals surface area contributed by atoms with Crippen LogP contribution in [0.1, 0.15) is 55.0 Å². The van der Waals surface area contributed by atoms with Crippen molar-refractivity contribution in [3.8, 4) is 28.1 Å². The Morgan fingerprint density at radius 3 is 2.23 bits per heavy atom. The molecule has 10 heteroatoms. The maximum atomic E-state index is 14.8. The van der Waals surface area contributed by atoms with Gasteiger partial charge in [0.2, 0.25) is 0 Å². The van der Waals surface area contributed by atoms with E-state index >= 15 is 0 Å². The zero-order valence-corrected chi connectivity index (χ0v) is 26.9. The van der Waals surface area contributed by atoms with Gasteiger partial charge in [0.05, 0.1) is 12.2 Å². The Bertz CT molecular complexity index is 1870. The summed E-state index contributed by atoms with van der Waals surface area (Å²) in [5.74, 6) is -0.616. The summed E-state index contributed by atoms with van der Waals surface area (Å²) in [5.41, 5.74) is 6.78. The number of nitrogens with zero attached hydrogens (tertiary/aromatic N) is 3. The van der Waals surface area contributed by atoms with E-state index < -0.39 is 28.8 Å². The third kappa shape index (κ3) is 7.84. The highest BCUT2D eigenvalue weighted by molar-refractivity contribution is 7.77. The first kappa shape index (κ1) is 32.3. The van der Waals surface area contributed by atoms with Gasteiger partial charge in [-0.05, 0) is 77.4 Å². The van der Waals surface area contributed by atoms with Crippen molar-refractivity contribution >= 4 is 22.9 Å². The van der Waals surface area contributed by atoms with Gasteiger partial charge in [-0.3, -0.25) is 14.1 Å². The second-order valence-electron chi connectivity index (χ2n) is 12.0. The number of aromatic nitrogens is 2. The van der Waals surface area contributed by atoms with E-state index in [1.54, 1.807) is 18.1 Å². The van der Waals surface area contributed by atoms with Crippen molar-refractivity contribution in [3.05, 3.63) is 126 Å². The number of amides is 1. The maximum absolute atomic E-state index is 14.8. The molecule has 0 spiro atoms. The zero-order valence-electron chi connectivity index (χ0n) is 26.0. The summed E-state index contributed by atoms with van der Waals surface area (Å²) in [6.07, 6.45) is 8.71. The van der Waals surface area contributed by atoms with E-state index in [9.17, 15) is 17.8 Å². The van der Waals surface area contributed by atoms with Crippen LogP contribution in [-0.4, -0.2) is 37.8 Å². The lowest BCUT2D eigenvalue weighted by atomic mass is 9.83. The molecule has 1 unspecified atom stereocenters. The predicted octanol–water partition coefficient (Wildman–Crippen LogP) is 7.81. The van der Waals surface area contributed by atoms with Gasteiger partial charge < -0.3 is 9.47 Å². The van der Waals surface area contributed by atoms with Gasteiger partial charge in [-0.15, -0.1) is 0 Å². The molecule has 1 fully saturated rings. The number of carbonyl (C=O) groups is 1. The van der Waals surface area contributed by atoms with Crippen molar-refractivity contribution in [3.63, 3.8) is 0 Å². The van der Waals surface area contributed by atoms with E-state index in [-0.39, 0.29) is 12.1 Å². The molecule has 1 aliphatic carbocycles. The van der Waals surface area contributed by atoms with Crippen molar-refractivity contribution in [2.45, 2.75) is 44.4 Å². The SMILES string of the molecule is CN(CC(=O)NS(=O)O)c1ccc(-n2cc(-c3ccc(F)cc3F)nc2Cc2ccc(-c3ccc(C4CCCCC4)cc3)cc2)cc1. The number of hydrogen-bond acceptors (Lipinski definition) is 4. The smallest absolute Gasteiger partial charge is 0.261 e. The Labute approximate surface area is 275 Å². The molecule has 1 aliphatic rings. The Morgan fingerprint density at radius 2 is 1.60 bits per heavy atom. The highest BCUT2D eigenvalue weighted by Crippen LogP contribution is 2.34. The number of anilines is 1. The zero-order chi connectivity index (χ0) is 32.9. The van der Waals surface area contributed by atoms with Gasteiger partial charge in [-0.2, -0.15) is 0 Å². The van der Waals surface area contributed by atoms with Crippen LogP contribution in [0.3, 0.4) is 0 Å². The molecule has 6 rings (SSSR count). The van der Waals surface area contributed by atoms with E-state index in [4.69, 9.17) is 9.54 Å². The van der Waals surface area contributed by atoms with Crippen LogP contribution in [0, 0.1) is 11.6 Å². The van der Waals surface area contributed by atoms with Crippen LogP contribution in [0.4, 0.5) is 14.5 Å². The molecule has 1 amide bonds. The lowest BCUT2D eigenvalue weighted by molar-refractivity contribution is -0.118. The summed E-state index contributed by atoms with van der Waals surface area (Å²) in [6.45, 7) is -0.114. The van der Waals surface area contributed by atoms with Crippen molar-refractivity contribution in [2.24, 2.45) is 0 Å². The van der Waals surface area contributed by atoms with E-state index in [0.29, 0.717) is 29.5 Å². The molecular formula is C37H36F2N4O3S. The van der Waals surface area contributed by atoms with Crippen LogP contribution in [0.25, 0.3) is 28.1 Å². The lowest BCUT2D eigenvalue weighted by Gasteiger charge is -2.22. The first-order valence-electron chi connectivity index (χ1n) is 15.7. The van der Waals surface area contributed by atoms with E-state index in [1.165, 1.54) is 55.4 Å². The first-order valence-corrected chi connectivity index (χ1v) is 16.8. The van der Waals surface area contributed by atoms with Crippen LogP contribution < -0.4 is 9.62 Å². The molecule has 1 saturated carbocycles. The number of imidazole rings is 1. The van der Waals surface area contributed by atoms with Crippen LogP contribution in [0.15, 0.2) is 97.2 Å². The molecule has 0 bridgehead atoms. The molecule has 47 heavy (non-hydrogen) atoms. The van der Waals surface area contributed by atoms with Gasteiger partial charge in [0.1, 0.15) is 17.5 Å². The number of rotatable bonds is 10. The Hall–Kier alpha value is -4.67. The van der Waals surface area contributed by atoms with Crippen LogP contribution in [0.5, 0.6) is 0 Å². The fourth-order valence-corrected chi connectivity index (χ4v) is 6.54. The number of halogens is 2. The number of nitrogens with one attached hydrogen (secondary N) is 1. The molecule has 5 aromatic rings. The summed E-state index contributed by atoms with van der Waals surface area (Å²) in [6, 6.07) is 28.1. The summed E-state index contributed by atoms with van der Waals surface area (Å²) >= 11 is -2.43. The molecule has 0 radical (unpaired) electrons. The number of likely N-dealkylation sites (N-methyl/N-ethyl adjacent to an activating group) is 1. The highest BCUT2D eigenvalue weighted by atomic mass is 32.2. The highest BCUT2D eigenvalue weighted by Gasteiger charge is 2.18. The summed E-state index contributed by atoms with van der Waals surface area (Å²) in [7, 11) is 1.70. The third-order valence-corrected chi connectivity index (χ3v) is 9.18. The summed E-state index contributed by atoms with van der Waals surface area (Å²) in [5, 5.41) is 0. The first-order chi connectivity index (χ1) is 22.7. The molecule has 7 nitrogen and oxygen atoms in total. The second kappa shape index (κ2) is 14.4. The van der Waals surface area contributed by atoms with Gasteiger partial charge in [-0.25, -0.2) is 18.0 Å². The molecule has 0 saturated heterocycles. The molecular weight excluding hydrogens is 618 g/mol. The molecule has 4 aromatic carbocycles. The maximum Gasteiger partial charge on any atom is 0.261 e. The minimum absolute atomic E-state index is 0.114. The fourth-order valence-electron chi connectivity index (χ4n) is 6.28. The minimum atomic E-state index is -2.43. The van der Waals surface area contributed by atoms with E-state index in [2.05, 4.69) is 48.5 Å². The van der Waals surface area contributed by atoms with Gasteiger partial charge in [0.25, 0.3) is 17.2 Å². The fraction of sp³-hybridized carbons (Fsp3) is 0.243. The lowest BCUT2D eigenvalue weighted by Crippen LogP contribution is -2.35. The van der Waals surface area contributed by atoms with E-state index in [0.717, 1.165) is 22.9 Å². The van der Waals surface area contributed by atoms with E-state index in [1.807, 2.05) is 33.6 Å². The van der Waals surface area contributed by atoms with Gasteiger partial charge >= 0.3 is 0 Å². The topological polar surface area (TPSA) is 87.5 Å². The molecule has 2 N–H and O–H groups in total. The quantitative estimate of drug-likeness (QED) is 0.150. The second-order valence-corrected chi connectivity index (χ2v) is 12.7. The molecule has 1 heterocycles. The van der Waals surface area contributed by atoms with Gasteiger partial charge in [0.15, 0.2) is 0 Å². The standard InChI is InChI=1S/C37H36F2N4O3S/c1-42(24-37(44)41-47(45)46)31-16-18-32(19-17-31)43-23-35(33-20-15-30(38)22-34(33)39)40-36(43)21-25-7-9-27(10-8-25)29-13-11-28(12-14-29)26-5-3-2-4-6-26/h7-20,22-23,26H,2-6,21,24H2,1H3,(H,41,44)(H,45,46). The van der Waals surface area contributed by atoms with Crippen molar-refractivity contribution in [1.29, 1.82) is 0 Å². The average Bonchev–Trinajstić information content (AvgIpc) is 3.48. The van der Waals surface area contributed by atoms with Crippen molar-refractivity contribution in [2.75, 3.05) is 18.5 Å². The summed E-state index contributed by atoms with van der Waals surface area (Å²) in [4.78, 5) is 18.4. The Kier molecular flexibility index (Phi) is 9.89. The van der Waals surface area contributed by atoms with Crippen LogP contribution >= 0.6 is 0 Å². The number of carbonyl (C=O) groups excluding carboxylic acids is 1. The number of benzene rings is 4. The largest absolute Gasteiger partial charge is 0.365 e. The third-order valence-electron chi connectivity index (χ3n) is 8.77. The molecule has 242 valence electrons. The normalized spacial score (nSPS) is 14.1. The van der Waals surface area contributed by atoms with Gasteiger partial charge in [-0.1, -0.05) is 67.8 Å². The summed E-state index contributed by atoms with van der Waals surface area (Å²) < 4.78 is 52.1. The van der Waals surface area contributed by atoms with Gasteiger partial charge in [0, 0.05) is 42.7 Å². The Morgan fingerprint density at radius 1 is 0.936 bits per heavy atom. The molecule has 0 aliphatic heterocycles. The van der Waals surface area contributed by atoms with Crippen molar-refractivity contribution < 1.29 is 22.3 Å². The molecule has 1 atom stereocenters. The predicted molar refractivity (Wildman–Crippen MR) is 182 cm³/mol. The number of hydrogen-bond donors (Lipinski definition) is 2. The van der Waals surface area contributed by atoms with Crippen LogP contribution in [-0.2, 0) is 22.5 Å².